The van der Waals surface area contributed by atoms with Crippen molar-refractivity contribution in [3.05, 3.63) is 155 Å². The van der Waals surface area contributed by atoms with E-state index in [4.69, 9.17) is 4.42 Å². The molecule has 4 heteroatoms. The summed E-state index contributed by atoms with van der Waals surface area (Å²) >= 11 is 0. The zero-order chi connectivity index (χ0) is 30.6. The quantitative estimate of drug-likeness (QED) is 0.164. The summed E-state index contributed by atoms with van der Waals surface area (Å²) in [6.07, 6.45) is 3.83. The van der Waals surface area contributed by atoms with Gasteiger partial charge in [0.15, 0.2) is 0 Å². The average molecular weight is 765 g/mol. The predicted molar refractivity (Wildman–Crippen MR) is 182 cm³/mol. The topological polar surface area (TPSA) is 38.9 Å². The third-order valence-corrected chi connectivity index (χ3v) is 8.20. The van der Waals surface area contributed by atoms with E-state index in [0.717, 1.165) is 44.5 Å². The Morgan fingerprint density at radius 1 is 0.711 bits per heavy atom. The van der Waals surface area contributed by atoms with E-state index in [-0.39, 0.29) is 20.1 Å². The third kappa shape index (κ3) is 6.99. The maximum absolute atomic E-state index is 6.07. The van der Waals surface area contributed by atoms with E-state index in [1.165, 1.54) is 27.8 Å². The molecule has 1 radical (unpaired) electrons. The normalized spacial score (nSPS) is 11.6. The van der Waals surface area contributed by atoms with Crippen LogP contribution in [0, 0.1) is 26.0 Å². The minimum absolute atomic E-state index is 0. The molecule has 0 saturated heterocycles. The molecule has 1 atom stereocenters. The minimum atomic E-state index is 0. The number of hydrogen-bond acceptors (Lipinski definition) is 3. The first-order valence-electron chi connectivity index (χ1n) is 15.2. The zero-order valence-corrected chi connectivity index (χ0v) is 28.7. The second kappa shape index (κ2) is 14.2. The van der Waals surface area contributed by atoms with Gasteiger partial charge in [-0.15, -0.1) is 53.6 Å². The first kappa shape index (κ1) is 32.0. The number of hydrogen-bond donors (Lipinski definition) is 0. The molecule has 227 valence electrons. The van der Waals surface area contributed by atoms with Crippen molar-refractivity contribution in [1.29, 1.82) is 0 Å². The Hall–Kier alpha value is -4.37. The van der Waals surface area contributed by atoms with Crippen molar-refractivity contribution in [1.82, 2.24) is 9.97 Å². The summed E-state index contributed by atoms with van der Waals surface area (Å²) in [5, 5.41) is 2.24. The van der Waals surface area contributed by atoms with Crippen LogP contribution in [0.15, 0.2) is 120 Å². The number of para-hydroxylation sites is 1. The number of benzene rings is 4. The van der Waals surface area contributed by atoms with Crippen molar-refractivity contribution in [2.24, 2.45) is 0 Å². The Kier molecular flexibility index (Phi) is 10.1. The maximum atomic E-state index is 6.07. The second-order valence-corrected chi connectivity index (χ2v) is 11.7. The van der Waals surface area contributed by atoms with Crippen molar-refractivity contribution in [3.63, 3.8) is 0 Å². The van der Waals surface area contributed by atoms with Crippen LogP contribution >= 0.6 is 0 Å². The Bertz CT molecular complexity index is 2030. The fraction of sp³-hybridized carbons (Fsp3) is 0.171. The van der Waals surface area contributed by atoms with E-state index in [2.05, 4.69) is 130 Å². The van der Waals surface area contributed by atoms with E-state index in [0.29, 0.717) is 11.8 Å². The van der Waals surface area contributed by atoms with Crippen LogP contribution in [0.3, 0.4) is 0 Å². The van der Waals surface area contributed by atoms with E-state index >= 15 is 0 Å². The molecule has 7 rings (SSSR count). The summed E-state index contributed by atoms with van der Waals surface area (Å²) in [6, 6.07) is 41.9. The molecule has 1 unspecified atom stereocenters. The van der Waals surface area contributed by atoms with Gasteiger partial charge < -0.3 is 14.4 Å². The van der Waals surface area contributed by atoms with Crippen LogP contribution in [0.2, 0.25) is 0 Å². The van der Waals surface area contributed by atoms with Gasteiger partial charge in [-0.05, 0) is 53.1 Å². The largest absolute Gasteiger partial charge is 0.501 e. The van der Waals surface area contributed by atoms with Gasteiger partial charge >= 0.3 is 0 Å². The monoisotopic (exact) mass is 765 g/mol. The molecule has 0 aliphatic carbocycles. The summed E-state index contributed by atoms with van der Waals surface area (Å²) in [6.45, 7) is 10.8. The van der Waals surface area contributed by atoms with Gasteiger partial charge in [-0.2, -0.15) is 0 Å². The van der Waals surface area contributed by atoms with Crippen LogP contribution in [0.1, 0.15) is 60.4 Å². The standard InChI is InChI=1S/C21H20N.C20H16NO.Ir/c1-15-9-11-19(12-10-15)21-13-20(16(2)14-22-21)17(3)18-7-5-4-6-8-18;1-13(2)14-10-11-21-18(12-14)17-8-5-7-16-15-6-3-4-9-19(15)22-20(16)17;/h4-11,13-14,17H,1-3H3;3-7,9-13H,1-2H3;/q2*-1;. The van der Waals surface area contributed by atoms with E-state index in [1.54, 1.807) is 0 Å². The molecule has 3 aromatic heterocycles. The van der Waals surface area contributed by atoms with Crippen molar-refractivity contribution >= 4 is 21.9 Å². The molecule has 3 nitrogen and oxygen atoms in total. The van der Waals surface area contributed by atoms with Gasteiger partial charge in [-0.3, -0.25) is 0 Å². The molecule has 45 heavy (non-hydrogen) atoms. The van der Waals surface area contributed by atoms with Crippen LogP contribution in [0.25, 0.3) is 44.5 Å². The number of nitrogens with zero attached hydrogens (tertiary/aromatic N) is 2. The van der Waals surface area contributed by atoms with Gasteiger partial charge in [-0.1, -0.05) is 105 Å². The number of pyridine rings is 2. The average Bonchev–Trinajstić information content (AvgIpc) is 3.45. The fourth-order valence-electron chi connectivity index (χ4n) is 5.56. The summed E-state index contributed by atoms with van der Waals surface area (Å²) in [7, 11) is 0. The van der Waals surface area contributed by atoms with Crippen molar-refractivity contribution in [2.75, 3.05) is 0 Å². The van der Waals surface area contributed by atoms with Gasteiger partial charge in [0.2, 0.25) is 0 Å². The molecule has 3 heterocycles. The van der Waals surface area contributed by atoms with Gasteiger partial charge in [0.25, 0.3) is 0 Å². The molecule has 0 saturated carbocycles. The number of aromatic nitrogens is 2. The smallest absolute Gasteiger partial charge is 0.120 e. The zero-order valence-electron chi connectivity index (χ0n) is 26.3. The molecular weight excluding hydrogens is 729 g/mol. The summed E-state index contributed by atoms with van der Waals surface area (Å²) < 4.78 is 6.07. The van der Waals surface area contributed by atoms with E-state index < -0.39 is 0 Å². The molecule has 0 fully saturated rings. The Morgan fingerprint density at radius 3 is 2.24 bits per heavy atom. The number of aryl methyl sites for hydroxylation is 2. The molecule has 0 bridgehead atoms. The van der Waals surface area contributed by atoms with Gasteiger partial charge in [0.05, 0.1) is 5.58 Å². The number of furan rings is 1. The first-order chi connectivity index (χ1) is 21.4. The van der Waals surface area contributed by atoms with Crippen molar-refractivity contribution in [2.45, 2.75) is 46.5 Å². The Labute approximate surface area is 279 Å². The predicted octanol–water partition coefficient (Wildman–Crippen LogP) is 10.9. The third-order valence-electron chi connectivity index (χ3n) is 8.20. The van der Waals surface area contributed by atoms with Gasteiger partial charge in [0.1, 0.15) is 5.58 Å². The van der Waals surface area contributed by atoms with Crippen LogP contribution in [-0.4, -0.2) is 9.97 Å². The summed E-state index contributed by atoms with van der Waals surface area (Å²) in [5.41, 5.74) is 12.0. The minimum Gasteiger partial charge on any atom is -0.501 e. The van der Waals surface area contributed by atoms with Crippen LogP contribution in [0.4, 0.5) is 0 Å². The van der Waals surface area contributed by atoms with Crippen LogP contribution < -0.4 is 0 Å². The van der Waals surface area contributed by atoms with Gasteiger partial charge in [-0.25, -0.2) is 0 Å². The second-order valence-electron chi connectivity index (χ2n) is 11.7. The SMILES string of the molecule is CC(C)c1ccnc(-c2[c-]ccc3c2oc2ccccc23)c1.Cc1c[c-]c(-c2cc(C(C)c3ccccc3)c(C)cn2)cc1.[Ir]. The van der Waals surface area contributed by atoms with Crippen LogP contribution in [-0.2, 0) is 20.1 Å². The molecular formula is C41H36IrN2O-2. The molecule has 0 amide bonds. The Morgan fingerprint density at radius 2 is 1.49 bits per heavy atom. The molecule has 4 aromatic carbocycles. The maximum Gasteiger partial charge on any atom is 0.120 e. The molecule has 0 N–H and O–H groups in total. The number of fused-ring (bicyclic) bond motifs is 3. The summed E-state index contributed by atoms with van der Waals surface area (Å²) in [4.78, 5) is 9.10. The molecule has 7 aromatic rings. The first-order valence-corrected chi connectivity index (χ1v) is 15.2. The molecule has 0 aliphatic heterocycles. The Balaban J connectivity index is 0.000000174. The van der Waals surface area contributed by atoms with Crippen LogP contribution in [0.5, 0.6) is 0 Å². The van der Waals surface area contributed by atoms with Gasteiger partial charge in [0, 0.05) is 43.8 Å². The fourth-order valence-corrected chi connectivity index (χ4v) is 5.56. The molecule has 0 aliphatic rings. The summed E-state index contributed by atoms with van der Waals surface area (Å²) in [5.74, 6) is 0.824. The van der Waals surface area contributed by atoms with E-state index in [1.807, 2.05) is 42.7 Å². The molecule has 0 spiro atoms. The number of rotatable bonds is 5. The van der Waals surface area contributed by atoms with Crippen molar-refractivity contribution < 1.29 is 24.5 Å². The van der Waals surface area contributed by atoms with Crippen molar-refractivity contribution in [3.8, 4) is 22.5 Å². The van der Waals surface area contributed by atoms with E-state index in [9.17, 15) is 0 Å².